The highest BCUT2D eigenvalue weighted by Gasteiger charge is 2.38. The molecule has 6 heterocycles. The first-order valence-electron chi connectivity index (χ1n) is 13.3. The molecular formula is C28H33N7O4S. The van der Waals surface area contributed by atoms with Gasteiger partial charge in [-0.15, -0.1) is 0 Å². The average molecular weight is 564 g/mol. The molecule has 1 N–H and O–H groups in total. The molecule has 0 amide bonds. The Labute approximate surface area is 233 Å². The van der Waals surface area contributed by atoms with Gasteiger partial charge < -0.3 is 19.6 Å². The quantitative estimate of drug-likeness (QED) is 0.359. The minimum atomic E-state index is -3.06. The number of rotatable bonds is 7. The second-order valence-electron chi connectivity index (χ2n) is 10.8. The van der Waals surface area contributed by atoms with Crippen molar-refractivity contribution in [1.82, 2.24) is 24.7 Å². The van der Waals surface area contributed by atoms with Gasteiger partial charge in [0.05, 0.1) is 41.9 Å². The molecule has 2 saturated heterocycles. The van der Waals surface area contributed by atoms with Crippen molar-refractivity contribution in [3.63, 3.8) is 0 Å². The van der Waals surface area contributed by atoms with E-state index in [0.29, 0.717) is 37.6 Å². The van der Waals surface area contributed by atoms with Crippen LogP contribution in [-0.2, 0) is 9.84 Å². The average Bonchev–Trinajstić information content (AvgIpc) is 3.56. The molecule has 2 fully saturated rings. The van der Waals surface area contributed by atoms with Crippen molar-refractivity contribution in [1.29, 1.82) is 0 Å². The molecule has 0 bridgehead atoms. The number of aliphatic hydroxyl groups is 1. The fourth-order valence-corrected chi connectivity index (χ4v) is 6.90. The number of fused-ring (bicyclic) bond motifs is 1. The molecule has 6 rings (SSSR count). The number of sulfone groups is 1. The summed E-state index contributed by atoms with van der Waals surface area (Å²) in [5.41, 5.74) is 4.11. The first-order valence-corrected chi connectivity index (χ1v) is 15.4. The third-order valence-corrected chi connectivity index (χ3v) is 9.01. The fourth-order valence-electron chi connectivity index (χ4n) is 5.73. The summed E-state index contributed by atoms with van der Waals surface area (Å²) in [7, 11) is -1.44. The largest absolute Gasteiger partial charge is 0.496 e. The van der Waals surface area contributed by atoms with Gasteiger partial charge in [0.25, 0.3) is 0 Å². The molecule has 4 aromatic rings. The van der Waals surface area contributed by atoms with Crippen molar-refractivity contribution in [2.75, 3.05) is 48.6 Å². The van der Waals surface area contributed by atoms with Crippen molar-refractivity contribution < 1.29 is 18.3 Å². The number of β-amino-alcohol motifs (C(OH)–C–C–N with tert-alkyl or cyclic N) is 1. The van der Waals surface area contributed by atoms with E-state index in [0.717, 1.165) is 39.4 Å². The van der Waals surface area contributed by atoms with Crippen molar-refractivity contribution in [3.8, 4) is 22.8 Å². The van der Waals surface area contributed by atoms with Crippen molar-refractivity contribution in [3.05, 3.63) is 48.5 Å². The molecular weight excluding hydrogens is 530 g/mol. The Kier molecular flexibility index (Phi) is 6.62. The summed E-state index contributed by atoms with van der Waals surface area (Å²) in [5.74, 6) is 2.31. The van der Waals surface area contributed by atoms with Gasteiger partial charge >= 0.3 is 0 Å². The standard InChI is InChI=1S/C28H33N7O4S/c1-17-22-13-30-35(25(22)11-24(31-17)23-12-29-7-5-26(23)39-3)28-10-20(9-27(32-28)33-8-6-21(36)15-33)34-14-19(18(34)2)16-40(4,37)38/h5,7,9-13,18-19,21,36H,6,8,14-16H2,1-4H3/t18-,19-,21?/m1/s1. The molecule has 0 saturated carbocycles. The normalized spacial score (nSPS) is 21.2. The maximum absolute atomic E-state index is 11.9. The summed E-state index contributed by atoms with van der Waals surface area (Å²) in [6.07, 6.45) is 6.79. The zero-order valence-electron chi connectivity index (χ0n) is 23.0. The smallest absolute Gasteiger partial charge is 0.158 e. The fraction of sp³-hybridized carbons (Fsp3) is 0.429. The van der Waals surface area contributed by atoms with E-state index in [1.807, 2.05) is 29.8 Å². The molecule has 1 unspecified atom stereocenters. The van der Waals surface area contributed by atoms with E-state index >= 15 is 0 Å². The molecule has 0 spiro atoms. The Bertz CT molecular complexity index is 1690. The predicted molar refractivity (Wildman–Crippen MR) is 154 cm³/mol. The van der Waals surface area contributed by atoms with Crippen LogP contribution in [0.15, 0.2) is 42.9 Å². The van der Waals surface area contributed by atoms with Crippen LogP contribution in [-0.4, -0.2) is 89.2 Å². The zero-order chi connectivity index (χ0) is 28.2. The van der Waals surface area contributed by atoms with E-state index in [1.54, 1.807) is 31.8 Å². The lowest BCUT2D eigenvalue weighted by Crippen LogP contribution is -2.57. The maximum atomic E-state index is 11.9. The third-order valence-electron chi connectivity index (χ3n) is 7.98. The van der Waals surface area contributed by atoms with Crippen molar-refractivity contribution in [2.45, 2.75) is 32.4 Å². The van der Waals surface area contributed by atoms with Crippen LogP contribution in [0.5, 0.6) is 5.75 Å². The van der Waals surface area contributed by atoms with Crippen LogP contribution in [0.3, 0.4) is 0 Å². The van der Waals surface area contributed by atoms with Crippen LogP contribution >= 0.6 is 0 Å². The van der Waals surface area contributed by atoms with Gasteiger partial charge in [-0.1, -0.05) is 0 Å². The summed E-state index contributed by atoms with van der Waals surface area (Å²) in [5, 5.41) is 15.8. The molecule has 2 aliphatic rings. The SMILES string of the molecule is COc1ccncc1-c1cc2c(cnn2-c2cc(N3C[C@H](CS(C)(=O)=O)[C@H]3C)cc(N3CCC(O)C3)n2)c(C)n1. The monoisotopic (exact) mass is 563 g/mol. The lowest BCUT2D eigenvalue weighted by Gasteiger charge is -2.48. The molecule has 11 nitrogen and oxygen atoms in total. The first kappa shape index (κ1) is 26.5. The number of methoxy groups -OCH3 is 1. The number of pyridine rings is 3. The van der Waals surface area contributed by atoms with E-state index in [1.165, 1.54) is 6.26 Å². The topological polar surface area (TPSA) is 127 Å². The number of aliphatic hydroxyl groups excluding tert-OH is 1. The second-order valence-corrected chi connectivity index (χ2v) is 13.0. The molecule has 12 heteroatoms. The van der Waals surface area contributed by atoms with Gasteiger partial charge in [-0.05, 0) is 32.4 Å². The molecule has 0 radical (unpaired) electrons. The Morgan fingerprint density at radius 2 is 1.93 bits per heavy atom. The van der Waals surface area contributed by atoms with E-state index < -0.39 is 15.9 Å². The van der Waals surface area contributed by atoms with Crippen molar-refractivity contribution >= 4 is 32.2 Å². The van der Waals surface area contributed by atoms with Gasteiger partial charge in [-0.2, -0.15) is 5.10 Å². The Hall–Kier alpha value is -3.77. The first-order chi connectivity index (χ1) is 19.1. The Morgan fingerprint density at radius 1 is 1.12 bits per heavy atom. The summed E-state index contributed by atoms with van der Waals surface area (Å²) >= 11 is 0. The van der Waals surface area contributed by atoms with Gasteiger partial charge in [0.15, 0.2) is 5.82 Å². The number of hydrogen-bond acceptors (Lipinski definition) is 10. The van der Waals surface area contributed by atoms with Crippen molar-refractivity contribution in [2.24, 2.45) is 5.92 Å². The van der Waals surface area contributed by atoms with Gasteiger partial charge in [0.1, 0.15) is 21.4 Å². The lowest BCUT2D eigenvalue weighted by molar-refractivity contribution is 0.198. The van der Waals surface area contributed by atoms with Crippen LogP contribution in [0, 0.1) is 12.8 Å². The zero-order valence-corrected chi connectivity index (χ0v) is 23.8. The summed E-state index contributed by atoms with van der Waals surface area (Å²) in [6, 6.07) is 7.86. The molecule has 3 atom stereocenters. The summed E-state index contributed by atoms with van der Waals surface area (Å²) in [6.45, 7) is 5.87. The highest BCUT2D eigenvalue weighted by molar-refractivity contribution is 7.90. The minimum absolute atomic E-state index is 0.0625. The van der Waals surface area contributed by atoms with Crippen LogP contribution in [0.2, 0.25) is 0 Å². The van der Waals surface area contributed by atoms with Crippen LogP contribution < -0.4 is 14.5 Å². The second kappa shape index (κ2) is 10.0. The lowest BCUT2D eigenvalue weighted by atomic mass is 9.91. The number of anilines is 2. The van der Waals surface area contributed by atoms with Crippen LogP contribution in [0.1, 0.15) is 19.0 Å². The van der Waals surface area contributed by atoms with Gasteiger partial charge in [0, 0.05) is 79.1 Å². The van der Waals surface area contributed by atoms with E-state index in [-0.39, 0.29) is 17.7 Å². The Balaban J connectivity index is 1.45. The third kappa shape index (κ3) is 4.86. The molecule has 4 aromatic heterocycles. The van der Waals surface area contributed by atoms with Crippen LogP contribution in [0.4, 0.5) is 11.5 Å². The highest BCUT2D eigenvalue weighted by atomic mass is 32.2. The van der Waals surface area contributed by atoms with E-state index in [4.69, 9.17) is 19.8 Å². The van der Waals surface area contributed by atoms with E-state index in [2.05, 4.69) is 21.7 Å². The summed E-state index contributed by atoms with van der Waals surface area (Å²) in [4.78, 5) is 18.4. The Morgan fingerprint density at radius 3 is 2.62 bits per heavy atom. The number of aryl methyl sites for hydroxylation is 1. The minimum Gasteiger partial charge on any atom is -0.496 e. The maximum Gasteiger partial charge on any atom is 0.158 e. The molecule has 0 aliphatic carbocycles. The molecule has 2 aliphatic heterocycles. The summed E-state index contributed by atoms with van der Waals surface area (Å²) < 4.78 is 31.2. The van der Waals surface area contributed by atoms with Gasteiger partial charge in [0.2, 0.25) is 0 Å². The molecule has 0 aromatic carbocycles. The van der Waals surface area contributed by atoms with Crippen LogP contribution in [0.25, 0.3) is 28.0 Å². The molecule has 40 heavy (non-hydrogen) atoms. The van der Waals surface area contributed by atoms with Gasteiger partial charge in [-0.25, -0.2) is 18.1 Å². The number of nitrogens with zero attached hydrogens (tertiary/aromatic N) is 7. The highest BCUT2D eigenvalue weighted by Crippen LogP contribution is 2.36. The number of ether oxygens (including phenoxy) is 1. The molecule has 210 valence electrons. The predicted octanol–water partition coefficient (Wildman–Crippen LogP) is 2.63. The number of aromatic nitrogens is 5. The van der Waals surface area contributed by atoms with E-state index in [9.17, 15) is 13.5 Å². The number of hydrogen-bond donors (Lipinski definition) is 1. The van der Waals surface area contributed by atoms with Gasteiger partial charge in [-0.3, -0.25) is 9.97 Å².